The van der Waals surface area contributed by atoms with Gasteiger partial charge in [-0.05, 0) is 62.8 Å². The van der Waals surface area contributed by atoms with E-state index in [1.807, 2.05) is 19.9 Å². The Morgan fingerprint density at radius 2 is 2.03 bits per heavy atom. The van der Waals surface area contributed by atoms with E-state index in [4.69, 9.17) is 9.47 Å². The quantitative estimate of drug-likeness (QED) is 0.473. The summed E-state index contributed by atoms with van der Waals surface area (Å²) in [7, 11) is 1.37. The van der Waals surface area contributed by atoms with Crippen molar-refractivity contribution >= 4 is 12.2 Å². The number of ether oxygens (including phenoxy) is 2. The summed E-state index contributed by atoms with van der Waals surface area (Å²) in [5.74, 6) is -0.866. The van der Waals surface area contributed by atoms with Crippen molar-refractivity contribution in [2.75, 3.05) is 13.7 Å². The second kappa shape index (κ2) is 11.6. The number of rotatable bonds is 10. The van der Waals surface area contributed by atoms with Gasteiger partial charge in [-0.15, -0.1) is 0 Å². The normalized spacial score (nSPS) is 17.7. The van der Waals surface area contributed by atoms with Crippen molar-refractivity contribution in [3.63, 3.8) is 0 Å². The molecule has 1 aliphatic carbocycles. The maximum Gasteiger partial charge on any atom is 0.274 e. The molecule has 1 saturated carbocycles. The third-order valence-electron chi connectivity index (χ3n) is 6.88. The van der Waals surface area contributed by atoms with Crippen LogP contribution >= 0.6 is 0 Å². The first-order chi connectivity index (χ1) is 16.7. The smallest absolute Gasteiger partial charge is 0.274 e. The van der Waals surface area contributed by atoms with Crippen LogP contribution in [0.1, 0.15) is 73.5 Å². The van der Waals surface area contributed by atoms with Crippen molar-refractivity contribution in [1.29, 1.82) is 0 Å². The number of carbonyl (C=O) groups excluding carboxylic acids is 2. The van der Waals surface area contributed by atoms with E-state index in [0.717, 1.165) is 36.8 Å². The fourth-order valence-corrected chi connectivity index (χ4v) is 4.99. The summed E-state index contributed by atoms with van der Waals surface area (Å²) in [6.45, 7) is 5.35. The molecule has 7 nitrogen and oxygen atoms in total. The number of nitrogens with one attached hydrogen (secondary N) is 1. The number of aryl methyl sites for hydroxylation is 1. The molecule has 2 aromatic rings. The lowest BCUT2D eigenvalue weighted by atomic mass is 9.73. The Kier molecular flexibility index (Phi) is 8.83. The van der Waals surface area contributed by atoms with Gasteiger partial charge < -0.3 is 24.7 Å². The lowest BCUT2D eigenvalue weighted by Crippen LogP contribution is -2.52. The van der Waals surface area contributed by atoms with Crippen LogP contribution in [0.2, 0.25) is 0 Å². The van der Waals surface area contributed by atoms with E-state index in [2.05, 4.69) is 10.3 Å². The summed E-state index contributed by atoms with van der Waals surface area (Å²) >= 11 is 0. The third kappa shape index (κ3) is 6.36. The Morgan fingerprint density at radius 3 is 2.66 bits per heavy atom. The zero-order valence-electron chi connectivity index (χ0n) is 20.8. The van der Waals surface area contributed by atoms with E-state index in [9.17, 15) is 19.1 Å². The largest absolute Gasteiger partial charge is 0.503 e. The highest BCUT2D eigenvalue weighted by molar-refractivity contribution is 5.97. The van der Waals surface area contributed by atoms with Gasteiger partial charge in [-0.1, -0.05) is 25.3 Å². The molecule has 2 N–H and O–H groups in total. The van der Waals surface area contributed by atoms with E-state index in [1.165, 1.54) is 31.9 Å². The molecule has 0 unspecified atom stereocenters. The van der Waals surface area contributed by atoms with Crippen LogP contribution in [0.4, 0.5) is 4.39 Å². The molecule has 1 aliphatic rings. The average molecular weight is 487 g/mol. The monoisotopic (exact) mass is 486 g/mol. The third-order valence-corrected chi connectivity index (χ3v) is 6.88. The van der Waals surface area contributed by atoms with Crippen LogP contribution in [0.3, 0.4) is 0 Å². The molecular formula is C27H35FN2O5. The van der Waals surface area contributed by atoms with Gasteiger partial charge in [0, 0.05) is 18.2 Å². The van der Waals surface area contributed by atoms with E-state index in [1.54, 1.807) is 13.0 Å². The number of halogens is 1. The standard InChI is InChI=1S/C27H35FN2O5/c1-17-14-20(28)10-11-21(17)23(19-8-6-5-7-9-19)18(2)35-16-27(3,15-31)30-26(33)24-25(32)22(34-4)12-13-29-24/h10-15,18-19,23,32H,5-9,16H2,1-4H3,(H,30,33)/t18-,23+,27-/m1/s1. The topological polar surface area (TPSA) is 97.8 Å². The molecule has 1 fully saturated rings. The number of methoxy groups -OCH3 is 1. The minimum atomic E-state index is -1.35. The number of aromatic nitrogens is 1. The molecule has 0 bridgehead atoms. The van der Waals surface area contributed by atoms with Gasteiger partial charge in [0.05, 0.1) is 19.8 Å². The summed E-state index contributed by atoms with van der Waals surface area (Å²) in [6, 6.07) is 6.29. The fraction of sp³-hybridized carbons (Fsp3) is 0.519. The Bertz CT molecular complexity index is 1040. The first-order valence-corrected chi connectivity index (χ1v) is 12.1. The van der Waals surface area contributed by atoms with Crippen molar-refractivity contribution in [3.8, 4) is 11.5 Å². The van der Waals surface area contributed by atoms with Crippen LogP contribution in [0.25, 0.3) is 0 Å². The minimum absolute atomic E-state index is 0.0339. The predicted octanol–water partition coefficient (Wildman–Crippen LogP) is 4.70. The molecule has 0 saturated heterocycles. The Morgan fingerprint density at radius 1 is 1.31 bits per heavy atom. The molecule has 0 radical (unpaired) electrons. The molecular weight excluding hydrogens is 451 g/mol. The number of benzene rings is 1. The number of aromatic hydroxyl groups is 1. The highest BCUT2D eigenvalue weighted by atomic mass is 19.1. The van der Waals surface area contributed by atoms with Crippen molar-refractivity contribution in [2.45, 2.75) is 70.4 Å². The number of hydrogen-bond donors (Lipinski definition) is 2. The van der Waals surface area contributed by atoms with E-state index < -0.39 is 17.2 Å². The van der Waals surface area contributed by atoms with E-state index >= 15 is 0 Å². The zero-order valence-corrected chi connectivity index (χ0v) is 20.8. The maximum atomic E-state index is 13.8. The van der Waals surface area contributed by atoms with Gasteiger partial charge in [-0.2, -0.15) is 0 Å². The van der Waals surface area contributed by atoms with Crippen LogP contribution in [-0.2, 0) is 9.53 Å². The SMILES string of the molecule is COc1ccnc(C(=O)N[C@](C)(C=O)CO[C@H](C)[C@H](c2ccc(F)cc2C)C2CCCCC2)c1O. The van der Waals surface area contributed by atoms with Crippen LogP contribution in [0, 0.1) is 18.7 Å². The van der Waals surface area contributed by atoms with Crippen molar-refractivity contribution in [1.82, 2.24) is 10.3 Å². The summed E-state index contributed by atoms with van der Waals surface area (Å²) in [5, 5.41) is 12.9. The van der Waals surface area contributed by atoms with Crippen LogP contribution in [0.5, 0.6) is 11.5 Å². The van der Waals surface area contributed by atoms with Crippen molar-refractivity contribution in [2.24, 2.45) is 5.92 Å². The first-order valence-electron chi connectivity index (χ1n) is 12.1. The summed E-state index contributed by atoms with van der Waals surface area (Å²) in [4.78, 5) is 28.7. The van der Waals surface area contributed by atoms with Gasteiger partial charge in [0.1, 0.15) is 17.6 Å². The average Bonchev–Trinajstić information content (AvgIpc) is 2.85. The lowest BCUT2D eigenvalue weighted by Gasteiger charge is -2.37. The van der Waals surface area contributed by atoms with Crippen LogP contribution in [-0.4, -0.2) is 47.6 Å². The molecule has 8 heteroatoms. The number of amides is 1. The lowest BCUT2D eigenvalue weighted by molar-refractivity contribution is -0.116. The van der Waals surface area contributed by atoms with Crippen molar-refractivity contribution < 1.29 is 28.6 Å². The zero-order chi connectivity index (χ0) is 25.6. The molecule has 190 valence electrons. The van der Waals surface area contributed by atoms with E-state index in [0.29, 0.717) is 12.2 Å². The molecule has 1 heterocycles. The van der Waals surface area contributed by atoms with Gasteiger partial charge in [0.2, 0.25) is 0 Å². The number of aldehydes is 1. The Balaban J connectivity index is 1.77. The molecule has 1 amide bonds. The minimum Gasteiger partial charge on any atom is -0.503 e. The van der Waals surface area contributed by atoms with Gasteiger partial charge in [0.25, 0.3) is 5.91 Å². The highest BCUT2D eigenvalue weighted by Crippen LogP contribution is 2.40. The summed E-state index contributed by atoms with van der Waals surface area (Å²) < 4.78 is 25.0. The highest BCUT2D eigenvalue weighted by Gasteiger charge is 2.34. The van der Waals surface area contributed by atoms with Crippen LogP contribution < -0.4 is 10.1 Å². The Hall–Kier alpha value is -3.00. The molecule has 0 aliphatic heterocycles. The summed E-state index contributed by atoms with van der Waals surface area (Å²) in [6.07, 6.45) is 7.32. The Labute approximate surface area is 206 Å². The molecule has 1 aromatic carbocycles. The maximum absolute atomic E-state index is 13.8. The first kappa shape index (κ1) is 26.6. The van der Waals surface area contributed by atoms with Crippen molar-refractivity contribution in [3.05, 3.63) is 53.1 Å². The van der Waals surface area contributed by atoms with Gasteiger partial charge in [-0.25, -0.2) is 9.37 Å². The molecule has 1 aromatic heterocycles. The van der Waals surface area contributed by atoms with Gasteiger partial charge >= 0.3 is 0 Å². The second-order valence-electron chi connectivity index (χ2n) is 9.64. The van der Waals surface area contributed by atoms with Gasteiger partial charge in [-0.3, -0.25) is 4.79 Å². The molecule has 0 spiro atoms. The molecule has 3 atom stereocenters. The van der Waals surface area contributed by atoms with Crippen LogP contribution in [0.15, 0.2) is 30.5 Å². The molecule has 3 rings (SSSR count). The predicted molar refractivity (Wildman–Crippen MR) is 130 cm³/mol. The number of nitrogens with zero attached hydrogens (tertiary/aromatic N) is 1. The number of hydrogen-bond acceptors (Lipinski definition) is 6. The number of pyridine rings is 1. The molecule has 35 heavy (non-hydrogen) atoms. The summed E-state index contributed by atoms with van der Waals surface area (Å²) in [5.41, 5.74) is 0.333. The van der Waals surface area contributed by atoms with E-state index in [-0.39, 0.29) is 35.9 Å². The van der Waals surface area contributed by atoms with Gasteiger partial charge in [0.15, 0.2) is 17.2 Å². The fourth-order valence-electron chi connectivity index (χ4n) is 4.99. The number of carbonyl (C=O) groups is 2. The second-order valence-corrected chi connectivity index (χ2v) is 9.64.